The molecule has 0 radical (unpaired) electrons. The minimum Gasteiger partial charge on any atom is -0.480 e. The first kappa shape index (κ1) is 22.1. The molecule has 0 spiro atoms. The minimum atomic E-state index is -3.87. The van der Waals surface area contributed by atoms with Crippen molar-refractivity contribution in [3.8, 4) is 0 Å². The number of carbonyl (C=O) groups is 1. The SMILES string of the molecule is Cc1ccc(S(=O)(=O)NC(Cc2ccccc2)C(=O)O)cc1.Cl.N. The lowest BCUT2D eigenvalue weighted by Crippen LogP contribution is -2.42. The van der Waals surface area contributed by atoms with Crippen LogP contribution in [0.5, 0.6) is 0 Å². The van der Waals surface area contributed by atoms with E-state index in [-0.39, 0.29) is 29.9 Å². The number of hydrogen-bond donors (Lipinski definition) is 3. The summed E-state index contributed by atoms with van der Waals surface area (Å²) in [4.78, 5) is 11.4. The van der Waals surface area contributed by atoms with Crippen LogP contribution in [0.3, 0.4) is 0 Å². The van der Waals surface area contributed by atoms with Gasteiger partial charge in [0.2, 0.25) is 10.0 Å². The van der Waals surface area contributed by atoms with Gasteiger partial charge in [0.05, 0.1) is 4.90 Å². The van der Waals surface area contributed by atoms with Crippen LogP contribution < -0.4 is 10.9 Å². The summed E-state index contributed by atoms with van der Waals surface area (Å²) in [6.07, 6.45) is 0.0846. The van der Waals surface area contributed by atoms with Crippen molar-refractivity contribution in [2.45, 2.75) is 24.3 Å². The lowest BCUT2D eigenvalue weighted by molar-refractivity contribution is -0.138. The van der Waals surface area contributed by atoms with Crippen LogP contribution in [-0.4, -0.2) is 25.5 Å². The van der Waals surface area contributed by atoms with E-state index in [2.05, 4.69) is 4.72 Å². The maximum atomic E-state index is 12.3. The van der Waals surface area contributed by atoms with Crippen molar-refractivity contribution in [2.24, 2.45) is 0 Å². The first-order valence-corrected chi connectivity index (χ1v) is 8.22. The molecule has 0 saturated heterocycles. The molecular weight excluding hydrogens is 352 g/mol. The summed E-state index contributed by atoms with van der Waals surface area (Å²) in [7, 11) is -3.87. The van der Waals surface area contributed by atoms with Crippen LogP contribution in [0.15, 0.2) is 59.5 Å². The number of carboxylic acid groups (broad SMARTS) is 1. The lowest BCUT2D eigenvalue weighted by Gasteiger charge is -2.15. The van der Waals surface area contributed by atoms with Crippen LogP contribution in [0.25, 0.3) is 0 Å². The monoisotopic (exact) mass is 372 g/mol. The molecule has 2 aromatic rings. The fourth-order valence-electron chi connectivity index (χ4n) is 2.00. The molecule has 0 aliphatic rings. The van der Waals surface area contributed by atoms with E-state index in [1.54, 1.807) is 36.4 Å². The second-order valence-corrected chi connectivity index (χ2v) is 6.73. The van der Waals surface area contributed by atoms with Crippen LogP contribution in [0, 0.1) is 6.92 Å². The highest BCUT2D eigenvalue weighted by Gasteiger charge is 2.25. The molecule has 6 nitrogen and oxygen atoms in total. The quantitative estimate of drug-likeness (QED) is 0.720. The van der Waals surface area contributed by atoms with Crippen molar-refractivity contribution >= 4 is 28.4 Å². The molecule has 24 heavy (non-hydrogen) atoms. The standard InChI is InChI=1S/C16H17NO4S.ClH.H3N/c1-12-7-9-14(10-8-12)22(20,21)17-15(16(18)19)11-13-5-3-2-4-6-13;;/h2-10,15,17H,11H2,1H3,(H,18,19);1H;1H3. The normalized spacial score (nSPS) is 11.7. The number of hydrogen-bond acceptors (Lipinski definition) is 4. The van der Waals surface area contributed by atoms with Gasteiger partial charge in [0.1, 0.15) is 6.04 Å². The number of nitrogens with one attached hydrogen (secondary N) is 1. The summed E-state index contributed by atoms with van der Waals surface area (Å²) < 4.78 is 26.8. The van der Waals surface area contributed by atoms with Crippen LogP contribution in [-0.2, 0) is 21.2 Å². The number of rotatable bonds is 6. The highest BCUT2D eigenvalue weighted by molar-refractivity contribution is 7.89. The van der Waals surface area contributed by atoms with Gasteiger partial charge >= 0.3 is 5.97 Å². The number of aryl methyl sites for hydroxylation is 1. The molecule has 0 saturated carbocycles. The zero-order valence-corrected chi connectivity index (χ0v) is 14.8. The van der Waals surface area contributed by atoms with Gasteiger partial charge in [-0.05, 0) is 31.0 Å². The van der Waals surface area contributed by atoms with E-state index in [1.165, 1.54) is 12.1 Å². The number of sulfonamides is 1. The molecule has 2 aromatic carbocycles. The second kappa shape index (κ2) is 9.39. The third kappa shape index (κ3) is 5.93. The molecule has 132 valence electrons. The average Bonchev–Trinajstić information content (AvgIpc) is 2.48. The lowest BCUT2D eigenvalue weighted by atomic mass is 10.1. The Balaban J connectivity index is 0.00000264. The Labute approximate surface area is 148 Å². The van der Waals surface area contributed by atoms with Crippen molar-refractivity contribution in [3.63, 3.8) is 0 Å². The summed E-state index contributed by atoms with van der Waals surface area (Å²) in [5.74, 6) is -1.21. The zero-order valence-electron chi connectivity index (χ0n) is 13.2. The van der Waals surface area contributed by atoms with E-state index in [0.29, 0.717) is 0 Å². The Hall–Kier alpha value is -1.93. The minimum absolute atomic E-state index is 0. The van der Waals surface area contributed by atoms with Crippen molar-refractivity contribution in [3.05, 3.63) is 65.7 Å². The van der Waals surface area contributed by atoms with E-state index in [0.717, 1.165) is 11.1 Å². The fraction of sp³-hybridized carbons (Fsp3) is 0.188. The molecule has 0 aliphatic carbocycles. The van der Waals surface area contributed by atoms with Crippen LogP contribution in [0.4, 0.5) is 0 Å². The highest BCUT2D eigenvalue weighted by atomic mass is 35.5. The number of benzene rings is 2. The number of carboxylic acids is 1. The van der Waals surface area contributed by atoms with Crippen LogP contribution >= 0.6 is 12.4 Å². The van der Waals surface area contributed by atoms with E-state index in [9.17, 15) is 18.3 Å². The molecule has 0 bridgehead atoms. The molecule has 5 N–H and O–H groups in total. The molecule has 1 atom stereocenters. The van der Waals surface area contributed by atoms with E-state index >= 15 is 0 Å². The topological polar surface area (TPSA) is 118 Å². The van der Waals surface area contributed by atoms with Gasteiger partial charge in [-0.15, -0.1) is 12.4 Å². The molecule has 0 aromatic heterocycles. The average molecular weight is 373 g/mol. The Bertz CT molecular complexity index is 749. The molecule has 0 heterocycles. The second-order valence-electron chi connectivity index (χ2n) is 5.01. The Morgan fingerprint density at radius 3 is 2.12 bits per heavy atom. The summed E-state index contributed by atoms with van der Waals surface area (Å²) in [5.41, 5.74) is 1.68. The molecule has 0 aliphatic heterocycles. The van der Waals surface area contributed by atoms with Crippen LogP contribution in [0.1, 0.15) is 11.1 Å². The molecule has 2 rings (SSSR count). The molecule has 1 unspecified atom stereocenters. The zero-order chi connectivity index (χ0) is 16.2. The number of aliphatic carboxylic acids is 1. The van der Waals surface area contributed by atoms with Gasteiger partial charge in [-0.3, -0.25) is 4.79 Å². The Morgan fingerprint density at radius 1 is 1.08 bits per heavy atom. The van der Waals surface area contributed by atoms with Gasteiger partial charge in [-0.25, -0.2) is 8.42 Å². The van der Waals surface area contributed by atoms with Gasteiger partial charge in [0.25, 0.3) is 0 Å². The highest BCUT2D eigenvalue weighted by Crippen LogP contribution is 2.12. The Kier molecular flexibility index (Phi) is 8.63. The van der Waals surface area contributed by atoms with Gasteiger partial charge in [-0.2, -0.15) is 4.72 Å². The third-order valence-electron chi connectivity index (χ3n) is 3.21. The van der Waals surface area contributed by atoms with Gasteiger partial charge < -0.3 is 11.3 Å². The van der Waals surface area contributed by atoms with Crippen LogP contribution in [0.2, 0.25) is 0 Å². The number of halogens is 1. The molecule has 0 fully saturated rings. The third-order valence-corrected chi connectivity index (χ3v) is 4.70. The van der Waals surface area contributed by atoms with Crippen molar-refractivity contribution in [1.82, 2.24) is 10.9 Å². The smallest absolute Gasteiger partial charge is 0.322 e. The van der Waals surface area contributed by atoms with E-state index < -0.39 is 22.0 Å². The van der Waals surface area contributed by atoms with Gasteiger partial charge in [-0.1, -0.05) is 48.0 Å². The maximum Gasteiger partial charge on any atom is 0.322 e. The Morgan fingerprint density at radius 2 is 1.62 bits per heavy atom. The maximum absolute atomic E-state index is 12.3. The first-order valence-electron chi connectivity index (χ1n) is 6.74. The van der Waals surface area contributed by atoms with E-state index in [4.69, 9.17) is 0 Å². The molecule has 0 amide bonds. The summed E-state index contributed by atoms with van der Waals surface area (Å²) in [6, 6.07) is 13.9. The first-order chi connectivity index (χ1) is 10.4. The van der Waals surface area contributed by atoms with Crippen molar-refractivity contribution < 1.29 is 18.3 Å². The molecular formula is C16H21ClN2O4S. The summed E-state index contributed by atoms with van der Waals surface area (Å²) in [5, 5.41) is 9.26. The van der Waals surface area contributed by atoms with Crippen molar-refractivity contribution in [1.29, 1.82) is 0 Å². The van der Waals surface area contributed by atoms with Gasteiger partial charge in [0, 0.05) is 0 Å². The predicted molar refractivity (Wildman–Crippen MR) is 95.3 cm³/mol. The fourth-order valence-corrected chi connectivity index (χ4v) is 3.19. The van der Waals surface area contributed by atoms with Gasteiger partial charge in [0.15, 0.2) is 0 Å². The largest absolute Gasteiger partial charge is 0.480 e. The van der Waals surface area contributed by atoms with Crippen molar-refractivity contribution in [2.75, 3.05) is 0 Å². The predicted octanol–water partition coefficient (Wildman–Crippen LogP) is 2.55. The molecule has 8 heteroatoms. The van der Waals surface area contributed by atoms with E-state index in [1.807, 2.05) is 13.0 Å². The summed E-state index contributed by atoms with van der Waals surface area (Å²) in [6.45, 7) is 1.85. The summed E-state index contributed by atoms with van der Waals surface area (Å²) >= 11 is 0.